The van der Waals surface area contributed by atoms with Gasteiger partial charge in [-0.05, 0) is 43.3 Å². The minimum Gasteiger partial charge on any atom is -0.468 e. The monoisotopic (exact) mass is 360 g/mol. The second-order valence-electron chi connectivity index (χ2n) is 5.32. The molecule has 0 fully saturated rings. The van der Waals surface area contributed by atoms with E-state index >= 15 is 0 Å². The summed E-state index contributed by atoms with van der Waals surface area (Å²) in [5.74, 6) is 0.242. The van der Waals surface area contributed by atoms with Gasteiger partial charge >= 0.3 is 0 Å². The summed E-state index contributed by atoms with van der Waals surface area (Å²) in [5, 5.41) is 2.62. The lowest BCUT2D eigenvalue weighted by Gasteiger charge is -2.08. The number of aryl methyl sites for hydroxylation is 1. The van der Waals surface area contributed by atoms with Gasteiger partial charge in [-0.15, -0.1) is 0 Å². The Morgan fingerprint density at radius 1 is 1.08 bits per heavy atom. The van der Waals surface area contributed by atoms with Gasteiger partial charge in [0, 0.05) is 11.3 Å². The van der Waals surface area contributed by atoms with Crippen molar-refractivity contribution >= 4 is 21.6 Å². The molecule has 0 bridgehead atoms. The van der Waals surface area contributed by atoms with Crippen molar-refractivity contribution in [2.24, 2.45) is 0 Å². The molecular formula is C17H16N2O5S. The molecule has 2 N–H and O–H groups in total. The zero-order valence-corrected chi connectivity index (χ0v) is 14.2. The average Bonchev–Trinajstić information content (AvgIpc) is 3.24. The molecule has 0 unspecified atom stereocenters. The van der Waals surface area contributed by atoms with Gasteiger partial charge in [0.05, 0.1) is 24.0 Å². The summed E-state index contributed by atoms with van der Waals surface area (Å²) in [5.41, 5.74) is 1.04. The summed E-state index contributed by atoms with van der Waals surface area (Å²) in [7, 11) is -3.74. The Morgan fingerprint density at radius 2 is 1.92 bits per heavy atom. The lowest BCUT2D eigenvalue weighted by molar-refractivity contribution is 0.0996. The molecule has 0 radical (unpaired) electrons. The molecule has 8 heteroatoms. The molecule has 25 heavy (non-hydrogen) atoms. The molecule has 1 amide bonds. The second-order valence-corrected chi connectivity index (χ2v) is 7.09. The van der Waals surface area contributed by atoms with Crippen molar-refractivity contribution < 1.29 is 22.0 Å². The minimum absolute atomic E-state index is 0.0352. The quantitative estimate of drug-likeness (QED) is 0.704. The van der Waals surface area contributed by atoms with Crippen molar-refractivity contribution in [1.29, 1.82) is 0 Å². The number of hydrogen-bond donors (Lipinski definition) is 2. The number of benzene rings is 1. The van der Waals surface area contributed by atoms with E-state index in [4.69, 9.17) is 8.83 Å². The lowest BCUT2D eigenvalue weighted by Crippen LogP contribution is -2.23. The zero-order chi connectivity index (χ0) is 17.9. The van der Waals surface area contributed by atoms with Gasteiger partial charge in [-0.2, -0.15) is 0 Å². The maximum absolute atomic E-state index is 12.4. The topological polar surface area (TPSA) is 102 Å². The van der Waals surface area contributed by atoms with E-state index in [9.17, 15) is 13.2 Å². The maximum atomic E-state index is 12.4. The van der Waals surface area contributed by atoms with Crippen LogP contribution in [0.15, 0.2) is 68.7 Å². The Labute approximate surface area is 144 Å². The van der Waals surface area contributed by atoms with E-state index < -0.39 is 15.9 Å². The zero-order valence-electron chi connectivity index (χ0n) is 13.4. The number of carbonyl (C=O) groups is 1. The van der Waals surface area contributed by atoms with Gasteiger partial charge in [-0.25, -0.2) is 13.1 Å². The van der Waals surface area contributed by atoms with Crippen LogP contribution in [-0.2, 0) is 16.6 Å². The molecule has 0 saturated carbocycles. The third kappa shape index (κ3) is 3.98. The maximum Gasteiger partial charge on any atom is 0.291 e. The molecule has 1 aromatic carbocycles. The van der Waals surface area contributed by atoms with E-state index in [-0.39, 0.29) is 17.2 Å². The van der Waals surface area contributed by atoms with Crippen LogP contribution in [0.3, 0.4) is 0 Å². The Morgan fingerprint density at radius 3 is 2.60 bits per heavy atom. The largest absolute Gasteiger partial charge is 0.468 e. The van der Waals surface area contributed by atoms with Gasteiger partial charge in [0.15, 0.2) is 5.76 Å². The van der Waals surface area contributed by atoms with E-state index in [1.54, 1.807) is 37.3 Å². The molecule has 0 aliphatic carbocycles. The standard InChI is InChI=1S/C17H16N2O5S/c1-12-7-9-24-16(12)17(20)19-13-4-2-6-15(10-13)25(21,22)18-11-14-5-3-8-23-14/h2-10,18H,11H2,1H3,(H,19,20). The molecule has 2 aromatic heterocycles. The smallest absolute Gasteiger partial charge is 0.291 e. The first-order chi connectivity index (χ1) is 12.0. The molecule has 2 heterocycles. The van der Waals surface area contributed by atoms with Crippen LogP contribution in [0.2, 0.25) is 0 Å². The van der Waals surface area contributed by atoms with E-state index in [1.165, 1.54) is 24.7 Å². The second kappa shape index (κ2) is 6.96. The van der Waals surface area contributed by atoms with Crippen LogP contribution in [0.25, 0.3) is 0 Å². The summed E-state index contributed by atoms with van der Waals surface area (Å²) in [4.78, 5) is 12.2. The van der Waals surface area contributed by atoms with Crippen LogP contribution in [0.5, 0.6) is 0 Å². The van der Waals surface area contributed by atoms with Gasteiger partial charge < -0.3 is 14.2 Å². The summed E-state index contributed by atoms with van der Waals surface area (Å²) >= 11 is 0. The number of amides is 1. The first-order valence-electron chi connectivity index (χ1n) is 7.43. The van der Waals surface area contributed by atoms with Crippen molar-refractivity contribution in [1.82, 2.24) is 4.72 Å². The van der Waals surface area contributed by atoms with Crippen LogP contribution in [-0.4, -0.2) is 14.3 Å². The van der Waals surface area contributed by atoms with Crippen molar-refractivity contribution in [3.8, 4) is 0 Å². The first-order valence-corrected chi connectivity index (χ1v) is 8.91. The van der Waals surface area contributed by atoms with Crippen LogP contribution < -0.4 is 10.0 Å². The highest BCUT2D eigenvalue weighted by atomic mass is 32.2. The van der Waals surface area contributed by atoms with Crippen LogP contribution in [0, 0.1) is 6.92 Å². The third-order valence-corrected chi connectivity index (χ3v) is 4.89. The number of rotatable bonds is 6. The third-order valence-electron chi connectivity index (χ3n) is 3.49. The molecule has 0 aliphatic heterocycles. The fourth-order valence-corrected chi connectivity index (χ4v) is 3.24. The van der Waals surface area contributed by atoms with Gasteiger partial charge in [0.25, 0.3) is 5.91 Å². The molecule has 3 rings (SSSR count). The minimum atomic E-state index is -3.74. The number of furan rings is 2. The van der Waals surface area contributed by atoms with Gasteiger partial charge in [-0.1, -0.05) is 6.07 Å². The number of hydrogen-bond acceptors (Lipinski definition) is 5. The molecule has 0 aliphatic rings. The summed E-state index contributed by atoms with van der Waals surface area (Å²) in [6.07, 6.45) is 2.89. The Kier molecular flexibility index (Phi) is 4.73. The predicted molar refractivity (Wildman–Crippen MR) is 90.6 cm³/mol. The van der Waals surface area contributed by atoms with Crippen molar-refractivity contribution in [3.05, 3.63) is 72.1 Å². The number of sulfonamides is 1. The molecule has 0 spiro atoms. The SMILES string of the molecule is Cc1ccoc1C(=O)Nc1cccc(S(=O)(=O)NCc2ccco2)c1. The van der Waals surface area contributed by atoms with Gasteiger partial charge in [0.2, 0.25) is 10.0 Å². The van der Waals surface area contributed by atoms with Crippen LogP contribution >= 0.6 is 0 Å². The highest BCUT2D eigenvalue weighted by Gasteiger charge is 2.17. The normalized spacial score (nSPS) is 11.4. The Bertz CT molecular complexity index is 974. The Balaban J connectivity index is 1.74. The van der Waals surface area contributed by atoms with E-state index in [0.717, 1.165) is 0 Å². The van der Waals surface area contributed by atoms with E-state index in [1.807, 2.05) is 0 Å². The van der Waals surface area contributed by atoms with Crippen molar-refractivity contribution in [2.45, 2.75) is 18.4 Å². The number of carbonyl (C=O) groups excluding carboxylic acids is 1. The fourth-order valence-electron chi connectivity index (χ4n) is 2.20. The number of nitrogens with one attached hydrogen (secondary N) is 2. The summed E-state index contributed by atoms with van der Waals surface area (Å²) < 4.78 is 37.4. The molecule has 3 aromatic rings. The number of anilines is 1. The molecule has 130 valence electrons. The van der Waals surface area contributed by atoms with Crippen molar-refractivity contribution in [3.63, 3.8) is 0 Å². The molecule has 7 nitrogen and oxygen atoms in total. The van der Waals surface area contributed by atoms with Crippen LogP contribution in [0.4, 0.5) is 5.69 Å². The highest BCUT2D eigenvalue weighted by Crippen LogP contribution is 2.18. The van der Waals surface area contributed by atoms with Crippen molar-refractivity contribution in [2.75, 3.05) is 5.32 Å². The summed E-state index contributed by atoms with van der Waals surface area (Å²) in [6, 6.07) is 11.0. The summed E-state index contributed by atoms with van der Waals surface area (Å²) in [6.45, 7) is 1.79. The molecule has 0 saturated heterocycles. The van der Waals surface area contributed by atoms with E-state index in [2.05, 4.69) is 10.0 Å². The first kappa shape index (κ1) is 17.0. The Hall–Kier alpha value is -2.84. The van der Waals surface area contributed by atoms with Crippen LogP contribution in [0.1, 0.15) is 21.9 Å². The fraction of sp³-hybridized carbons (Fsp3) is 0.118. The van der Waals surface area contributed by atoms with Gasteiger partial charge in [0.1, 0.15) is 5.76 Å². The molecular weight excluding hydrogens is 344 g/mol. The van der Waals surface area contributed by atoms with E-state index in [0.29, 0.717) is 17.0 Å². The highest BCUT2D eigenvalue weighted by molar-refractivity contribution is 7.89. The lowest BCUT2D eigenvalue weighted by atomic mass is 10.2. The predicted octanol–water partition coefficient (Wildman–Crippen LogP) is 2.91. The molecule has 0 atom stereocenters. The van der Waals surface area contributed by atoms with Gasteiger partial charge in [-0.3, -0.25) is 4.79 Å². The average molecular weight is 360 g/mol.